The van der Waals surface area contributed by atoms with E-state index < -0.39 is 12.2 Å². The number of methoxy groups -OCH3 is 2. The molecular weight excluding hydrogens is 438 g/mol. The van der Waals surface area contributed by atoms with Gasteiger partial charge in [-0.2, -0.15) is 5.10 Å². The summed E-state index contributed by atoms with van der Waals surface area (Å²) in [6, 6.07) is 10.9. The lowest BCUT2D eigenvalue weighted by Gasteiger charge is -2.22. The average Bonchev–Trinajstić information content (AvgIpc) is 2.62. The molecule has 7 nitrogen and oxygen atoms in total. The van der Waals surface area contributed by atoms with E-state index in [2.05, 4.69) is 26.3 Å². The predicted octanol–water partition coefficient (Wildman–Crippen LogP) is 3.85. The van der Waals surface area contributed by atoms with E-state index in [9.17, 15) is 4.79 Å². The number of carbonyl (C=O) groups excluding carboxylic acids is 1. The molecule has 2 aromatic rings. The van der Waals surface area contributed by atoms with E-state index in [0.29, 0.717) is 21.5 Å². The Morgan fingerprint density at radius 3 is 2.30 bits per heavy atom. The van der Waals surface area contributed by atoms with Crippen LogP contribution in [0.25, 0.3) is 0 Å². The Morgan fingerprint density at radius 1 is 1.19 bits per heavy atom. The maximum Gasteiger partial charge on any atom is 0.304 e. The van der Waals surface area contributed by atoms with Crippen LogP contribution in [0.2, 0.25) is 0 Å². The minimum absolute atomic E-state index is 0. The molecule has 0 fully saturated rings. The molecule has 146 valence electrons. The fourth-order valence-corrected chi connectivity index (χ4v) is 2.84. The molecule has 0 bridgehead atoms. The number of rotatable bonds is 7. The normalized spacial score (nSPS) is 11.4. The standard InChI is InChI=1S/C18H20BrN3O4.ClH/c1-11(23)26-18(22-13-6-4-12(5-7-13)10-21-20)14-8-16(24-2)17(25-3)9-15(14)19;/h4-10,18,22H,20H2,1-3H3;1H. The van der Waals surface area contributed by atoms with Crippen molar-refractivity contribution >= 4 is 46.2 Å². The molecule has 0 aliphatic carbocycles. The fourth-order valence-electron chi connectivity index (χ4n) is 2.31. The van der Waals surface area contributed by atoms with Gasteiger partial charge in [0, 0.05) is 22.6 Å². The summed E-state index contributed by atoms with van der Waals surface area (Å²) in [6.07, 6.45) is 0.814. The van der Waals surface area contributed by atoms with Crippen molar-refractivity contribution < 1.29 is 19.0 Å². The van der Waals surface area contributed by atoms with Crippen LogP contribution in [0, 0.1) is 0 Å². The average molecular weight is 459 g/mol. The fraction of sp³-hybridized carbons (Fsp3) is 0.222. The predicted molar refractivity (Wildman–Crippen MR) is 111 cm³/mol. The number of hydrogen-bond acceptors (Lipinski definition) is 7. The minimum Gasteiger partial charge on any atom is -0.493 e. The molecule has 0 aliphatic heterocycles. The maximum atomic E-state index is 11.6. The number of nitrogens with one attached hydrogen (secondary N) is 1. The smallest absolute Gasteiger partial charge is 0.304 e. The van der Waals surface area contributed by atoms with Gasteiger partial charge < -0.3 is 25.4 Å². The summed E-state index contributed by atoms with van der Waals surface area (Å²) in [7, 11) is 3.10. The van der Waals surface area contributed by atoms with Gasteiger partial charge in [-0.15, -0.1) is 12.4 Å². The van der Waals surface area contributed by atoms with Crippen LogP contribution in [0.3, 0.4) is 0 Å². The van der Waals surface area contributed by atoms with E-state index in [4.69, 9.17) is 20.1 Å². The number of ether oxygens (including phenoxy) is 3. The van der Waals surface area contributed by atoms with Crippen LogP contribution in [0.1, 0.15) is 24.3 Å². The van der Waals surface area contributed by atoms with Crippen LogP contribution < -0.4 is 20.6 Å². The molecule has 1 unspecified atom stereocenters. The van der Waals surface area contributed by atoms with Gasteiger partial charge in [0.05, 0.1) is 20.4 Å². The molecule has 0 aliphatic rings. The van der Waals surface area contributed by atoms with Gasteiger partial charge in [-0.05, 0) is 29.8 Å². The SMILES string of the molecule is COc1cc(Br)c(C(Nc2ccc(C=NN)cc2)OC(C)=O)cc1OC.Cl. The zero-order chi connectivity index (χ0) is 19.1. The van der Waals surface area contributed by atoms with Gasteiger partial charge in [-0.25, -0.2) is 0 Å². The minimum atomic E-state index is -0.726. The molecule has 0 heterocycles. The van der Waals surface area contributed by atoms with Crippen LogP contribution in [0.15, 0.2) is 46.0 Å². The molecule has 0 aromatic heterocycles. The monoisotopic (exact) mass is 457 g/mol. The lowest BCUT2D eigenvalue weighted by atomic mass is 10.1. The molecule has 0 saturated carbocycles. The Hall–Kier alpha value is -2.45. The van der Waals surface area contributed by atoms with Crippen LogP contribution in [0.5, 0.6) is 11.5 Å². The molecule has 0 spiro atoms. The number of benzene rings is 2. The third-order valence-electron chi connectivity index (χ3n) is 3.50. The van der Waals surface area contributed by atoms with Gasteiger partial charge in [0.15, 0.2) is 11.5 Å². The van der Waals surface area contributed by atoms with Crippen molar-refractivity contribution in [3.8, 4) is 11.5 Å². The van der Waals surface area contributed by atoms with E-state index in [0.717, 1.165) is 11.3 Å². The first kappa shape index (κ1) is 22.6. The summed E-state index contributed by atoms with van der Waals surface area (Å²) >= 11 is 3.49. The Balaban J connectivity index is 0.00000364. The number of nitrogens with zero attached hydrogens (tertiary/aromatic N) is 1. The zero-order valence-electron chi connectivity index (χ0n) is 15.1. The van der Waals surface area contributed by atoms with Crippen LogP contribution >= 0.6 is 28.3 Å². The van der Waals surface area contributed by atoms with Crippen molar-refractivity contribution in [2.45, 2.75) is 13.2 Å². The van der Waals surface area contributed by atoms with Gasteiger partial charge in [-0.1, -0.05) is 28.1 Å². The van der Waals surface area contributed by atoms with Crippen molar-refractivity contribution in [3.63, 3.8) is 0 Å². The number of anilines is 1. The second kappa shape index (κ2) is 10.6. The molecule has 0 amide bonds. The summed E-state index contributed by atoms with van der Waals surface area (Å²) in [4.78, 5) is 11.6. The lowest BCUT2D eigenvalue weighted by Crippen LogP contribution is -2.18. The molecule has 2 rings (SSSR count). The quantitative estimate of drug-likeness (QED) is 0.215. The molecule has 0 saturated heterocycles. The summed E-state index contributed by atoms with van der Waals surface area (Å²) in [5.74, 6) is 5.82. The van der Waals surface area contributed by atoms with Gasteiger partial charge in [0.2, 0.25) is 6.23 Å². The molecular formula is C18H21BrClN3O4. The van der Waals surface area contributed by atoms with Gasteiger partial charge in [0.1, 0.15) is 0 Å². The Morgan fingerprint density at radius 2 is 1.78 bits per heavy atom. The van der Waals surface area contributed by atoms with Crippen molar-refractivity contribution in [2.75, 3.05) is 19.5 Å². The molecule has 27 heavy (non-hydrogen) atoms. The topological polar surface area (TPSA) is 95.2 Å². The highest BCUT2D eigenvalue weighted by Gasteiger charge is 2.21. The number of halogens is 2. The van der Waals surface area contributed by atoms with Crippen LogP contribution in [-0.4, -0.2) is 26.4 Å². The van der Waals surface area contributed by atoms with Gasteiger partial charge >= 0.3 is 5.97 Å². The summed E-state index contributed by atoms with van der Waals surface area (Å²) in [5.41, 5.74) is 2.30. The molecule has 0 radical (unpaired) electrons. The Kier molecular flexibility index (Phi) is 8.90. The van der Waals surface area contributed by atoms with E-state index in [-0.39, 0.29) is 12.4 Å². The number of nitrogens with two attached hydrogens (primary N) is 1. The van der Waals surface area contributed by atoms with Crippen molar-refractivity contribution in [1.82, 2.24) is 0 Å². The first-order chi connectivity index (χ1) is 12.5. The second-order valence-corrected chi connectivity index (χ2v) is 6.12. The first-order valence-corrected chi connectivity index (χ1v) is 8.46. The highest BCUT2D eigenvalue weighted by atomic mass is 79.9. The third kappa shape index (κ3) is 6.04. The number of hydrogen-bond donors (Lipinski definition) is 2. The van der Waals surface area contributed by atoms with Crippen LogP contribution in [0.4, 0.5) is 5.69 Å². The molecule has 9 heteroatoms. The van der Waals surface area contributed by atoms with E-state index in [1.807, 2.05) is 24.3 Å². The van der Waals surface area contributed by atoms with Crippen molar-refractivity contribution in [1.29, 1.82) is 0 Å². The summed E-state index contributed by atoms with van der Waals surface area (Å²) < 4.78 is 16.8. The first-order valence-electron chi connectivity index (χ1n) is 7.67. The van der Waals surface area contributed by atoms with E-state index in [1.54, 1.807) is 26.4 Å². The van der Waals surface area contributed by atoms with Crippen molar-refractivity contribution in [2.24, 2.45) is 10.9 Å². The maximum absolute atomic E-state index is 11.6. The second-order valence-electron chi connectivity index (χ2n) is 5.26. The highest BCUT2D eigenvalue weighted by molar-refractivity contribution is 9.10. The largest absolute Gasteiger partial charge is 0.493 e. The van der Waals surface area contributed by atoms with E-state index >= 15 is 0 Å². The summed E-state index contributed by atoms with van der Waals surface area (Å²) in [5, 5.41) is 6.66. The highest BCUT2D eigenvalue weighted by Crippen LogP contribution is 2.37. The van der Waals surface area contributed by atoms with E-state index in [1.165, 1.54) is 13.1 Å². The lowest BCUT2D eigenvalue weighted by molar-refractivity contribution is -0.145. The van der Waals surface area contributed by atoms with Crippen molar-refractivity contribution in [3.05, 3.63) is 52.0 Å². The Bertz CT molecular complexity index is 800. The van der Waals surface area contributed by atoms with Gasteiger partial charge in [0.25, 0.3) is 0 Å². The third-order valence-corrected chi connectivity index (χ3v) is 4.19. The Labute approximate surface area is 172 Å². The molecule has 3 N–H and O–H groups in total. The number of esters is 1. The number of carbonyl (C=O) groups is 1. The zero-order valence-corrected chi connectivity index (χ0v) is 17.5. The van der Waals surface area contributed by atoms with Crippen LogP contribution in [-0.2, 0) is 9.53 Å². The summed E-state index contributed by atoms with van der Waals surface area (Å²) in [6.45, 7) is 1.35. The molecule has 2 aromatic carbocycles. The van der Waals surface area contributed by atoms with Gasteiger partial charge in [-0.3, -0.25) is 4.79 Å². The number of hydrazone groups is 1. The molecule has 1 atom stereocenters.